The Balaban J connectivity index is 2.11. The molecule has 0 bridgehead atoms. The summed E-state index contributed by atoms with van der Waals surface area (Å²) in [6.45, 7) is 0. The summed E-state index contributed by atoms with van der Waals surface area (Å²) in [5.41, 5.74) is 1.90. The highest BCUT2D eigenvalue weighted by atomic mass is 79.9. The first kappa shape index (κ1) is 13.5. The second kappa shape index (κ2) is 5.50. The molecule has 2 heterocycles. The van der Waals surface area contributed by atoms with Crippen LogP contribution in [0, 0.1) is 0 Å². The minimum atomic E-state index is 0.0301. The lowest BCUT2D eigenvalue weighted by Crippen LogP contribution is -2.17. The van der Waals surface area contributed by atoms with E-state index in [1.165, 1.54) is 6.42 Å². The number of hydrogen-bond acceptors (Lipinski definition) is 3. The fourth-order valence-electron chi connectivity index (χ4n) is 2.36. The van der Waals surface area contributed by atoms with Gasteiger partial charge in [0.05, 0.1) is 14.4 Å². The molecule has 0 saturated carbocycles. The van der Waals surface area contributed by atoms with Gasteiger partial charge in [0.1, 0.15) is 0 Å². The normalized spacial score (nSPS) is 15.1. The Morgan fingerprint density at radius 3 is 2.74 bits per heavy atom. The molecule has 3 nitrogen and oxygen atoms in total. The van der Waals surface area contributed by atoms with Gasteiger partial charge in [-0.05, 0) is 63.6 Å². The van der Waals surface area contributed by atoms with Crippen molar-refractivity contribution in [3.63, 3.8) is 0 Å². The van der Waals surface area contributed by atoms with Crippen LogP contribution in [-0.4, -0.2) is 9.97 Å². The number of aromatic nitrogens is 2. The van der Waals surface area contributed by atoms with Gasteiger partial charge in [-0.2, -0.15) is 0 Å². The number of nitrogens with one attached hydrogen (secondary N) is 1. The van der Waals surface area contributed by atoms with Crippen LogP contribution in [0.25, 0.3) is 10.7 Å². The van der Waals surface area contributed by atoms with Crippen LogP contribution < -0.4 is 5.56 Å². The van der Waals surface area contributed by atoms with E-state index in [1.54, 1.807) is 11.3 Å². The molecule has 0 aliphatic heterocycles. The average Bonchev–Trinajstić information content (AvgIpc) is 2.61. The van der Waals surface area contributed by atoms with Crippen LogP contribution in [0.4, 0.5) is 0 Å². The quantitative estimate of drug-likeness (QED) is 0.721. The minimum absolute atomic E-state index is 0.0301. The number of nitrogens with zero attached hydrogens (tertiary/aromatic N) is 1. The first-order valence-electron chi connectivity index (χ1n) is 6.22. The van der Waals surface area contributed by atoms with Crippen molar-refractivity contribution in [3.8, 4) is 10.7 Å². The van der Waals surface area contributed by atoms with Gasteiger partial charge in [-0.3, -0.25) is 4.79 Å². The predicted molar refractivity (Wildman–Crippen MR) is 84.8 cm³/mol. The second-order valence-electron chi connectivity index (χ2n) is 4.63. The van der Waals surface area contributed by atoms with E-state index in [0.717, 1.165) is 50.1 Å². The smallest absolute Gasteiger partial charge is 0.254 e. The summed E-state index contributed by atoms with van der Waals surface area (Å²) in [6.07, 6.45) is 5.17. The minimum Gasteiger partial charge on any atom is -0.306 e. The monoisotopic (exact) mass is 402 g/mol. The number of aromatic amines is 1. The zero-order valence-corrected chi connectivity index (χ0v) is 14.1. The Morgan fingerprint density at radius 1 is 1.21 bits per heavy atom. The Kier molecular flexibility index (Phi) is 3.91. The summed E-state index contributed by atoms with van der Waals surface area (Å²) in [7, 11) is 0. The van der Waals surface area contributed by atoms with E-state index in [-0.39, 0.29) is 5.56 Å². The molecule has 2 aromatic heterocycles. The highest BCUT2D eigenvalue weighted by Crippen LogP contribution is 2.36. The Labute approximate surface area is 131 Å². The van der Waals surface area contributed by atoms with Crippen molar-refractivity contribution in [2.75, 3.05) is 0 Å². The molecule has 2 aromatic rings. The second-order valence-corrected chi connectivity index (χ2v) is 7.86. The van der Waals surface area contributed by atoms with Gasteiger partial charge in [0, 0.05) is 10.0 Å². The number of halogens is 2. The molecule has 100 valence electrons. The van der Waals surface area contributed by atoms with Crippen molar-refractivity contribution in [1.82, 2.24) is 9.97 Å². The van der Waals surface area contributed by atoms with Gasteiger partial charge in [0.25, 0.3) is 5.56 Å². The Bertz CT molecular complexity index is 658. The van der Waals surface area contributed by atoms with E-state index in [4.69, 9.17) is 0 Å². The maximum absolute atomic E-state index is 12.2. The number of fused-ring (bicyclic) bond motifs is 1. The summed E-state index contributed by atoms with van der Waals surface area (Å²) in [5, 5.41) is 0. The summed E-state index contributed by atoms with van der Waals surface area (Å²) in [5.74, 6) is 0.682. The number of rotatable bonds is 1. The maximum atomic E-state index is 12.2. The molecule has 0 amide bonds. The molecule has 1 aliphatic rings. The van der Waals surface area contributed by atoms with E-state index < -0.39 is 0 Å². The molecule has 0 spiro atoms. The van der Waals surface area contributed by atoms with Gasteiger partial charge in [-0.15, -0.1) is 11.3 Å². The van der Waals surface area contributed by atoms with Gasteiger partial charge in [0.15, 0.2) is 5.82 Å². The summed E-state index contributed by atoms with van der Waals surface area (Å²) < 4.78 is 2.00. The first-order chi connectivity index (χ1) is 9.15. The average molecular weight is 404 g/mol. The number of thiophene rings is 1. The summed E-state index contributed by atoms with van der Waals surface area (Å²) >= 11 is 8.50. The largest absolute Gasteiger partial charge is 0.306 e. The van der Waals surface area contributed by atoms with Crippen molar-refractivity contribution < 1.29 is 0 Å². The van der Waals surface area contributed by atoms with E-state index in [9.17, 15) is 4.79 Å². The molecule has 0 unspecified atom stereocenters. The van der Waals surface area contributed by atoms with Crippen LogP contribution in [0.1, 0.15) is 30.5 Å². The Morgan fingerprint density at radius 2 is 2.00 bits per heavy atom. The zero-order chi connectivity index (χ0) is 13.4. The van der Waals surface area contributed by atoms with Crippen LogP contribution in [0.3, 0.4) is 0 Å². The third kappa shape index (κ3) is 2.71. The SMILES string of the molecule is O=c1[nH]c(-c2cc(Br)c(Br)s2)nc2c1CCCCC2. The van der Waals surface area contributed by atoms with Crippen LogP contribution >= 0.6 is 43.2 Å². The van der Waals surface area contributed by atoms with Crippen molar-refractivity contribution >= 4 is 43.2 Å². The lowest BCUT2D eigenvalue weighted by atomic mass is 10.1. The standard InChI is InChI=1S/C13H12Br2N2OS/c14-8-6-10(19-11(8)15)12-16-9-5-3-1-2-4-7(9)13(18)17-12/h6H,1-5H2,(H,16,17,18). The van der Waals surface area contributed by atoms with Crippen molar-refractivity contribution in [1.29, 1.82) is 0 Å². The van der Waals surface area contributed by atoms with Gasteiger partial charge >= 0.3 is 0 Å². The van der Waals surface area contributed by atoms with Crippen molar-refractivity contribution in [2.45, 2.75) is 32.1 Å². The molecular formula is C13H12Br2N2OS. The molecule has 0 aromatic carbocycles. The molecule has 0 radical (unpaired) electrons. The highest BCUT2D eigenvalue weighted by molar-refractivity contribution is 9.13. The molecule has 19 heavy (non-hydrogen) atoms. The van der Waals surface area contributed by atoms with Gasteiger partial charge in [-0.25, -0.2) is 4.98 Å². The Hall–Kier alpha value is -0.460. The van der Waals surface area contributed by atoms with Crippen molar-refractivity contribution in [2.24, 2.45) is 0 Å². The lowest BCUT2D eigenvalue weighted by Gasteiger charge is -2.05. The summed E-state index contributed by atoms with van der Waals surface area (Å²) in [4.78, 5) is 20.8. The van der Waals surface area contributed by atoms with E-state index in [2.05, 4.69) is 41.8 Å². The van der Waals surface area contributed by atoms with Gasteiger partial charge in [-0.1, -0.05) is 6.42 Å². The molecule has 0 atom stereocenters. The topological polar surface area (TPSA) is 45.8 Å². The highest BCUT2D eigenvalue weighted by Gasteiger charge is 2.16. The molecule has 6 heteroatoms. The molecule has 1 aliphatic carbocycles. The van der Waals surface area contributed by atoms with Gasteiger partial charge < -0.3 is 4.98 Å². The fourth-order valence-corrected chi connectivity index (χ4v) is 4.34. The van der Waals surface area contributed by atoms with E-state index in [0.29, 0.717) is 5.82 Å². The zero-order valence-electron chi connectivity index (χ0n) is 10.1. The number of H-pyrrole nitrogens is 1. The summed E-state index contributed by atoms with van der Waals surface area (Å²) in [6, 6.07) is 1.98. The van der Waals surface area contributed by atoms with Crippen molar-refractivity contribution in [3.05, 3.63) is 35.9 Å². The number of hydrogen-bond donors (Lipinski definition) is 1. The van der Waals surface area contributed by atoms with E-state index in [1.807, 2.05) is 6.07 Å². The molecular weight excluding hydrogens is 392 g/mol. The van der Waals surface area contributed by atoms with Crippen LogP contribution in [0.5, 0.6) is 0 Å². The van der Waals surface area contributed by atoms with Gasteiger partial charge in [0.2, 0.25) is 0 Å². The molecule has 1 N–H and O–H groups in total. The molecule has 0 saturated heterocycles. The lowest BCUT2D eigenvalue weighted by molar-refractivity contribution is 0.708. The fraction of sp³-hybridized carbons (Fsp3) is 0.385. The first-order valence-corrected chi connectivity index (χ1v) is 8.62. The molecule has 0 fully saturated rings. The third-order valence-electron chi connectivity index (χ3n) is 3.32. The van der Waals surface area contributed by atoms with Crippen LogP contribution in [0.2, 0.25) is 0 Å². The molecule has 3 rings (SSSR count). The van der Waals surface area contributed by atoms with Crippen LogP contribution in [0.15, 0.2) is 19.1 Å². The third-order valence-corrected chi connectivity index (χ3v) is 6.58. The number of aryl methyl sites for hydroxylation is 1. The van der Waals surface area contributed by atoms with Crippen LogP contribution in [-0.2, 0) is 12.8 Å². The maximum Gasteiger partial charge on any atom is 0.254 e. The van der Waals surface area contributed by atoms with E-state index >= 15 is 0 Å². The predicted octanol–water partition coefficient (Wildman–Crippen LogP) is 4.29.